The second-order valence-corrected chi connectivity index (χ2v) is 6.85. The molecule has 0 saturated carbocycles. The van der Waals surface area contributed by atoms with Gasteiger partial charge in [-0.2, -0.15) is 0 Å². The SMILES string of the molecule is COc1ccc(/C=C2\SC(=S)N(c3ccccc3C(N)=O)C2=O)cc1. The third-order valence-corrected chi connectivity index (χ3v) is 4.92. The summed E-state index contributed by atoms with van der Waals surface area (Å²) < 4.78 is 5.48. The van der Waals surface area contributed by atoms with E-state index >= 15 is 0 Å². The Morgan fingerprint density at radius 1 is 1.20 bits per heavy atom. The average Bonchev–Trinajstić information content (AvgIpc) is 2.89. The molecule has 0 radical (unpaired) electrons. The Kier molecular flexibility index (Phi) is 4.87. The molecule has 1 aliphatic heterocycles. The number of amides is 2. The lowest BCUT2D eigenvalue weighted by atomic mass is 10.1. The number of primary amides is 1. The van der Waals surface area contributed by atoms with Crippen LogP contribution in [0.1, 0.15) is 15.9 Å². The van der Waals surface area contributed by atoms with Crippen molar-refractivity contribution in [3.8, 4) is 5.75 Å². The number of benzene rings is 2. The van der Waals surface area contributed by atoms with Gasteiger partial charge in [0.05, 0.1) is 23.3 Å². The molecule has 1 heterocycles. The molecule has 0 bridgehead atoms. The van der Waals surface area contributed by atoms with E-state index in [1.165, 1.54) is 16.7 Å². The van der Waals surface area contributed by atoms with E-state index in [0.717, 1.165) is 11.3 Å². The normalized spacial score (nSPS) is 15.7. The van der Waals surface area contributed by atoms with Crippen LogP contribution >= 0.6 is 24.0 Å². The summed E-state index contributed by atoms with van der Waals surface area (Å²) in [6.07, 6.45) is 1.76. The summed E-state index contributed by atoms with van der Waals surface area (Å²) in [6, 6.07) is 14.0. The largest absolute Gasteiger partial charge is 0.497 e. The molecule has 2 aromatic carbocycles. The van der Waals surface area contributed by atoms with E-state index in [1.807, 2.05) is 24.3 Å². The molecule has 1 saturated heterocycles. The molecule has 2 amide bonds. The number of nitrogens with zero attached hydrogens (tertiary/aromatic N) is 1. The Morgan fingerprint density at radius 3 is 2.52 bits per heavy atom. The summed E-state index contributed by atoms with van der Waals surface area (Å²) in [7, 11) is 1.59. The highest BCUT2D eigenvalue weighted by atomic mass is 32.2. The van der Waals surface area contributed by atoms with E-state index < -0.39 is 5.91 Å². The lowest BCUT2D eigenvalue weighted by Gasteiger charge is -2.17. The highest BCUT2D eigenvalue weighted by Gasteiger charge is 2.35. The van der Waals surface area contributed by atoms with Crippen molar-refractivity contribution in [3.05, 3.63) is 64.6 Å². The fraction of sp³-hybridized carbons (Fsp3) is 0.0556. The highest BCUT2D eigenvalue weighted by molar-refractivity contribution is 8.27. The van der Waals surface area contributed by atoms with Crippen molar-refractivity contribution < 1.29 is 14.3 Å². The maximum Gasteiger partial charge on any atom is 0.270 e. The van der Waals surface area contributed by atoms with Crippen LogP contribution in [0.5, 0.6) is 5.75 Å². The van der Waals surface area contributed by atoms with Gasteiger partial charge in [0.1, 0.15) is 5.75 Å². The minimum absolute atomic E-state index is 0.254. The first-order valence-electron chi connectivity index (χ1n) is 7.32. The number of para-hydroxylation sites is 1. The molecular weight excluding hydrogens is 356 g/mol. The second kappa shape index (κ2) is 7.08. The van der Waals surface area contributed by atoms with Gasteiger partial charge in [-0.05, 0) is 35.9 Å². The first kappa shape index (κ1) is 17.2. The van der Waals surface area contributed by atoms with Crippen LogP contribution in [0.2, 0.25) is 0 Å². The first-order chi connectivity index (χ1) is 12.0. The van der Waals surface area contributed by atoms with E-state index in [-0.39, 0.29) is 11.5 Å². The second-order valence-electron chi connectivity index (χ2n) is 5.17. The van der Waals surface area contributed by atoms with E-state index in [4.69, 9.17) is 22.7 Å². The Hall–Kier alpha value is -2.64. The van der Waals surface area contributed by atoms with E-state index in [9.17, 15) is 9.59 Å². The summed E-state index contributed by atoms with van der Waals surface area (Å²) in [5.74, 6) is -0.150. The molecule has 0 spiro atoms. The smallest absolute Gasteiger partial charge is 0.270 e. The molecular formula is C18H14N2O3S2. The van der Waals surface area contributed by atoms with Gasteiger partial charge in [-0.3, -0.25) is 14.5 Å². The predicted molar refractivity (Wildman–Crippen MR) is 104 cm³/mol. The van der Waals surface area contributed by atoms with Gasteiger partial charge in [0.25, 0.3) is 11.8 Å². The Balaban J connectivity index is 1.95. The van der Waals surface area contributed by atoms with Crippen molar-refractivity contribution in [2.45, 2.75) is 0 Å². The minimum Gasteiger partial charge on any atom is -0.497 e. The molecule has 3 rings (SSSR count). The van der Waals surface area contributed by atoms with Gasteiger partial charge >= 0.3 is 0 Å². The molecule has 25 heavy (non-hydrogen) atoms. The van der Waals surface area contributed by atoms with Crippen LogP contribution in [0, 0.1) is 0 Å². The number of carbonyl (C=O) groups excluding carboxylic acids is 2. The number of methoxy groups -OCH3 is 1. The van der Waals surface area contributed by atoms with Gasteiger partial charge in [0.2, 0.25) is 0 Å². The number of hydrogen-bond acceptors (Lipinski definition) is 5. The van der Waals surface area contributed by atoms with E-state index in [2.05, 4.69) is 0 Å². The van der Waals surface area contributed by atoms with Gasteiger partial charge < -0.3 is 10.5 Å². The van der Waals surface area contributed by atoms with Crippen LogP contribution in [0.25, 0.3) is 6.08 Å². The minimum atomic E-state index is -0.608. The molecule has 5 nitrogen and oxygen atoms in total. The van der Waals surface area contributed by atoms with Crippen molar-refractivity contribution in [1.82, 2.24) is 0 Å². The predicted octanol–water partition coefficient (Wildman–Crippen LogP) is 3.20. The van der Waals surface area contributed by atoms with Crippen LogP contribution in [0.3, 0.4) is 0 Å². The molecule has 0 aliphatic carbocycles. The van der Waals surface area contributed by atoms with Gasteiger partial charge in [0.15, 0.2) is 4.32 Å². The van der Waals surface area contributed by atoms with Crippen LogP contribution in [0.4, 0.5) is 5.69 Å². The number of anilines is 1. The monoisotopic (exact) mass is 370 g/mol. The summed E-state index contributed by atoms with van der Waals surface area (Å²) in [5, 5.41) is 0. The molecule has 0 aromatic heterocycles. The topological polar surface area (TPSA) is 72.6 Å². The number of nitrogens with two attached hydrogens (primary N) is 1. The molecule has 1 aliphatic rings. The highest BCUT2D eigenvalue weighted by Crippen LogP contribution is 2.37. The van der Waals surface area contributed by atoms with E-state index in [0.29, 0.717) is 14.9 Å². The lowest BCUT2D eigenvalue weighted by Crippen LogP contribution is -2.30. The first-order valence-corrected chi connectivity index (χ1v) is 8.54. The number of carbonyl (C=O) groups is 2. The zero-order chi connectivity index (χ0) is 18.0. The maximum absolute atomic E-state index is 12.8. The van der Waals surface area contributed by atoms with Crippen molar-refractivity contribution in [3.63, 3.8) is 0 Å². The Morgan fingerprint density at radius 2 is 1.88 bits per heavy atom. The fourth-order valence-electron chi connectivity index (χ4n) is 2.40. The van der Waals surface area contributed by atoms with Crippen molar-refractivity contribution in [2.24, 2.45) is 5.73 Å². The fourth-order valence-corrected chi connectivity index (χ4v) is 3.69. The maximum atomic E-state index is 12.8. The van der Waals surface area contributed by atoms with Gasteiger partial charge in [-0.15, -0.1) is 0 Å². The zero-order valence-electron chi connectivity index (χ0n) is 13.3. The molecule has 2 N–H and O–H groups in total. The van der Waals surface area contributed by atoms with Gasteiger partial charge in [-0.25, -0.2) is 0 Å². The Bertz CT molecular complexity index is 891. The number of ether oxygens (including phenoxy) is 1. The number of rotatable bonds is 4. The Labute approximate surface area is 154 Å². The van der Waals surface area contributed by atoms with Crippen LogP contribution in [0.15, 0.2) is 53.4 Å². The number of thiocarbonyl (C=S) groups is 1. The van der Waals surface area contributed by atoms with E-state index in [1.54, 1.807) is 37.5 Å². The molecule has 0 unspecified atom stereocenters. The lowest BCUT2D eigenvalue weighted by molar-refractivity contribution is -0.113. The molecule has 2 aromatic rings. The van der Waals surface area contributed by atoms with Gasteiger partial charge in [0, 0.05) is 0 Å². The molecule has 1 fully saturated rings. The zero-order valence-corrected chi connectivity index (χ0v) is 14.9. The van der Waals surface area contributed by atoms with Crippen molar-refractivity contribution >= 4 is 51.9 Å². The molecule has 0 atom stereocenters. The number of hydrogen-bond donors (Lipinski definition) is 1. The molecule has 7 heteroatoms. The third-order valence-electron chi connectivity index (χ3n) is 3.62. The summed E-state index contributed by atoms with van der Waals surface area (Å²) in [4.78, 5) is 26.2. The van der Waals surface area contributed by atoms with Crippen LogP contribution in [-0.4, -0.2) is 23.2 Å². The van der Waals surface area contributed by atoms with Crippen LogP contribution < -0.4 is 15.4 Å². The van der Waals surface area contributed by atoms with Crippen molar-refractivity contribution in [2.75, 3.05) is 12.0 Å². The quantitative estimate of drug-likeness (QED) is 0.661. The summed E-state index contributed by atoms with van der Waals surface area (Å²) >= 11 is 6.52. The summed E-state index contributed by atoms with van der Waals surface area (Å²) in [5.41, 5.74) is 6.91. The molecule has 126 valence electrons. The standard InChI is InChI=1S/C18H14N2O3S2/c1-23-12-8-6-11(7-9-12)10-15-17(22)20(18(24)25-15)14-5-3-2-4-13(14)16(19)21/h2-10H,1H3,(H2,19,21)/b15-10-. The van der Waals surface area contributed by atoms with Gasteiger partial charge in [-0.1, -0.05) is 48.2 Å². The average molecular weight is 370 g/mol. The van der Waals surface area contributed by atoms with Crippen LogP contribution in [-0.2, 0) is 4.79 Å². The third kappa shape index (κ3) is 3.42. The van der Waals surface area contributed by atoms with Crippen molar-refractivity contribution in [1.29, 1.82) is 0 Å². The summed E-state index contributed by atoms with van der Waals surface area (Å²) in [6.45, 7) is 0. The number of thioether (sulfide) groups is 1.